The fourth-order valence-electron chi connectivity index (χ4n) is 1.13. The molecule has 1 rings (SSSR count). The Labute approximate surface area is 90.0 Å². The fourth-order valence-corrected chi connectivity index (χ4v) is 1.13. The first-order valence-corrected chi connectivity index (χ1v) is 4.43. The van der Waals surface area contributed by atoms with Crippen LogP contribution < -0.4 is 10.5 Å². The fraction of sp³-hybridized carbons (Fsp3) is 0.333. The second-order valence-electron chi connectivity index (χ2n) is 2.96. The van der Waals surface area contributed by atoms with E-state index in [1.807, 2.05) is 0 Å². The third kappa shape index (κ3) is 3.13. The van der Waals surface area contributed by atoms with Gasteiger partial charge in [0.25, 0.3) is 12.1 Å². The SMILES string of the molecule is NCc1cc([N+](=O)[O-])ccc1OCC(F)F. The van der Waals surface area contributed by atoms with Crippen molar-refractivity contribution in [1.29, 1.82) is 0 Å². The second-order valence-corrected chi connectivity index (χ2v) is 2.96. The smallest absolute Gasteiger partial charge is 0.272 e. The van der Waals surface area contributed by atoms with Crippen LogP contribution in [0.15, 0.2) is 18.2 Å². The molecular formula is C9H10F2N2O3. The molecule has 0 heterocycles. The first kappa shape index (κ1) is 12.3. The van der Waals surface area contributed by atoms with Crippen LogP contribution in [0.3, 0.4) is 0 Å². The van der Waals surface area contributed by atoms with Crippen molar-refractivity contribution in [1.82, 2.24) is 0 Å². The lowest BCUT2D eigenvalue weighted by Gasteiger charge is -2.09. The summed E-state index contributed by atoms with van der Waals surface area (Å²) in [5.41, 5.74) is 5.52. The van der Waals surface area contributed by atoms with Crippen molar-refractivity contribution in [2.24, 2.45) is 5.73 Å². The highest BCUT2D eigenvalue weighted by atomic mass is 19.3. The Bertz CT molecular complexity index is 385. The monoisotopic (exact) mass is 232 g/mol. The van der Waals surface area contributed by atoms with Crippen molar-refractivity contribution in [3.8, 4) is 5.75 Å². The lowest BCUT2D eigenvalue weighted by atomic mass is 10.2. The number of rotatable bonds is 5. The Morgan fingerprint density at radius 3 is 2.69 bits per heavy atom. The van der Waals surface area contributed by atoms with E-state index in [0.717, 1.165) is 0 Å². The van der Waals surface area contributed by atoms with Crippen molar-refractivity contribution >= 4 is 5.69 Å². The average molecular weight is 232 g/mol. The summed E-state index contributed by atoms with van der Waals surface area (Å²) in [6.45, 7) is -0.773. The van der Waals surface area contributed by atoms with Gasteiger partial charge in [-0.3, -0.25) is 10.1 Å². The average Bonchev–Trinajstić information content (AvgIpc) is 2.25. The maximum Gasteiger partial charge on any atom is 0.272 e. The number of ether oxygens (including phenoxy) is 1. The highest BCUT2D eigenvalue weighted by molar-refractivity contribution is 5.43. The van der Waals surface area contributed by atoms with Gasteiger partial charge in [-0.25, -0.2) is 8.78 Å². The lowest BCUT2D eigenvalue weighted by molar-refractivity contribution is -0.384. The van der Waals surface area contributed by atoms with Gasteiger partial charge in [0.15, 0.2) is 0 Å². The van der Waals surface area contributed by atoms with Crippen LogP contribution in [0.2, 0.25) is 0 Å². The number of nitro groups is 1. The highest BCUT2D eigenvalue weighted by Gasteiger charge is 2.12. The van der Waals surface area contributed by atoms with Gasteiger partial charge in [-0.2, -0.15) is 0 Å². The van der Waals surface area contributed by atoms with E-state index >= 15 is 0 Å². The van der Waals surface area contributed by atoms with Gasteiger partial charge >= 0.3 is 0 Å². The summed E-state index contributed by atoms with van der Waals surface area (Å²) in [5.74, 6) is 0.147. The minimum atomic E-state index is -2.60. The predicted octanol–water partition coefficient (Wildman–Crippen LogP) is 1.70. The standard InChI is InChI=1S/C9H10F2N2O3/c10-9(11)5-16-8-2-1-7(13(14)15)3-6(8)4-12/h1-3,9H,4-5,12H2. The molecule has 0 aliphatic rings. The largest absolute Gasteiger partial charge is 0.487 e. The van der Waals surface area contributed by atoms with Crippen molar-refractivity contribution in [2.45, 2.75) is 13.0 Å². The number of alkyl halides is 2. The number of nitrogens with zero attached hydrogens (tertiary/aromatic N) is 1. The Morgan fingerprint density at radius 1 is 1.50 bits per heavy atom. The van der Waals surface area contributed by atoms with E-state index in [4.69, 9.17) is 10.5 Å². The summed E-state index contributed by atoms with van der Waals surface area (Å²) in [6, 6.07) is 3.66. The Morgan fingerprint density at radius 2 is 2.19 bits per heavy atom. The van der Waals surface area contributed by atoms with Gasteiger partial charge in [0.05, 0.1) is 4.92 Å². The first-order chi connectivity index (χ1) is 7.54. The number of nitro benzene ring substituents is 1. The summed E-state index contributed by atoms with van der Waals surface area (Å²) in [5, 5.41) is 10.5. The van der Waals surface area contributed by atoms with Gasteiger partial charge in [-0.05, 0) is 6.07 Å². The van der Waals surface area contributed by atoms with Gasteiger partial charge in [0.1, 0.15) is 12.4 Å². The number of halogens is 2. The third-order valence-corrected chi connectivity index (χ3v) is 1.84. The van der Waals surface area contributed by atoms with Gasteiger partial charge in [0, 0.05) is 24.2 Å². The number of benzene rings is 1. The summed E-state index contributed by atoms with van der Waals surface area (Å²) in [6.07, 6.45) is -2.60. The zero-order valence-corrected chi connectivity index (χ0v) is 8.23. The third-order valence-electron chi connectivity index (χ3n) is 1.84. The maximum atomic E-state index is 11.9. The summed E-state index contributed by atoms with van der Waals surface area (Å²) < 4.78 is 28.6. The first-order valence-electron chi connectivity index (χ1n) is 4.43. The van der Waals surface area contributed by atoms with Gasteiger partial charge in [-0.15, -0.1) is 0 Å². The van der Waals surface area contributed by atoms with Crippen molar-refractivity contribution in [3.63, 3.8) is 0 Å². The molecule has 0 fully saturated rings. The van der Waals surface area contributed by atoms with E-state index in [0.29, 0.717) is 5.56 Å². The molecule has 0 unspecified atom stereocenters. The van der Waals surface area contributed by atoms with E-state index in [9.17, 15) is 18.9 Å². The lowest BCUT2D eigenvalue weighted by Crippen LogP contribution is -2.10. The molecule has 16 heavy (non-hydrogen) atoms. The summed E-state index contributed by atoms with van der Waals surface area (Å²) in [4.78, 5) is 9.86. The van der Waals surface area contributed by atoms with Crippen LogP contribution in [0.25, 0.3) is 0 Å². The normalized spacial score (nSPS) is 10.5. The zero-order valence-electron chi connectivity index (χ0n) is 8.23. The molecule has 0 saturated heterocycles. The summed E-state index contributed by atoms with van der Waals surface area (Å²) in [7, 11) is 0. The molecule has 0 atom stereocenters. The zero-order chi connectivity index (χ0) is 12.1. The van der Waals surface area contributed by atoms with Gasteiger partial charge < -0.3 is 10.5 Å². The van der Waals surface area contributed by atoms with Crippen LogP contribution in [-0.2, 0) is 6.54 Å². The quantitative estimate of drug-likeness (QED) is 0.619. The molecule has 0 aliphatic carbocycles. The molecule has 0 saturated carbocycles. The number of non-ortho nitro benzene ring substituents is 1. The molecule has 0 amide bonds. The number of hydrogen-bond donors (Lipinski definition) is 1. The molecule has 5 nitrogen and oxygen atoms in total. The molecular weight excluding hydrogens is 222 g/mol. The molecule has 2 N–H and O–H groups in total. The van der Waals surface area contributed by atoms with Crippen molar-refractivity contribution in [2.75, 3.05) is 6.61 Å². The highest BCUT2D eigenvalue weighted by Crippen LogP contribution is 2.24. The molecule has 0 aromatic heterocycles. The van der Waals surface area contributed by atoms with Crippen LogP contribution >= 0.6 is 0 Å². The van der Waals surface area contributed by atoms with Crippen LogP contribution in [0.5, 0.6) is 5.75 Å². The van der Waals surface area contributed by atoms with Crippen LogP contribution in [0.1, 0.15) is 5.56 Å². The van der Waals surface area contributed by atoms with E-state index in [2.05, 4.69) is 0 Å². The molecule has 0 spiro atoms. The summed E-state index contributed by atoms with van der Waals surface area (Å²) >= 11 is 0. The minimum absolute atomic E-state index is 0.0136. The number of nitrogens with two attached hydrogens (primary N) is 1. The van der Waals surface area contributed by atoms with E-state index < -0.39 is 18.0 Å². The van der Waals surface area contributed by atoms with E-state index in [1.165, 1.54) is 18.2 Å². The molecule has 1 aromatic rings. The van der Waals surface area contributed by atoms with Crippen LogP contribution in [-0.4, -0.2) is 18.0 Å². The second kappa shape index (κ2) is 5.36. The van der Waals surface area contributed by atoms with Crippen LogP contribution in [0.4, 0.5) is 14.5 Å². The van der Waals surface area contributed by atoms with Crippen molar-refractivity contribution in [3.05, 3.63) is 33.9 Å². The van der Waals surface area contributed by atoms with E-state index in [-0.39, 0.29) is 18.0 Å². The topological polar surface area (TPSA) is 78.4 Å². The van der Waals surface area contributed by atoms with Crippen LogP contribution in [0, 0.1) is 10.1 Å². The molecule has 0 aliphatic heterocycles. The molecule has 7 heteroatoms. The predicted molar refractivity (Wildman–Crippen MR) is 52.5 cm³/mol. The Hall–Kier alpha value is -1.76. The molecule has 0 bridgehead atoms. The Kier molecular flexibility index (Phi) is 4.12. The van der Waals surface area contributed by atoms with E-state index in [1.54, 1.807) is 0 Å². The molecule has 88 valence electrons. The minimum Gasteiger partial charge on any atom is -0.487 e. The van der Waals surface area contributed by atoms with Gasteiger partial charge in [0.2, 0.25) is 0 Å². The van der Waals surface area contributed by atoms with Gasteiger partial charge in [-0.1, -0.05) is 0 Å². The molecule has 1 aromatic carbocycles. The molecule has 0 radical (unpaired) electrons. The Balaban J connectivity index is 2.89. The maximum absolute atomic E-state index is 11.9. The van der Waals surface area contributed by atoms with Crippen molar-refractivity contribution < 1.29 is 18.4 Å². The number of hydrogen-bond acceptors (Lipinski definition) is 4.